The molecule has 13 heteroatoms. The molecule has 0 aliphatic carbocycles. The van der Waals surface area contributed by atoms with E-state index in [0.29, 0.717) is 29.5 Å². The van der Waals surface area contributed by atoms with E-state index in [1.807, 2.05) is 0 Å². The summed E-state index contributed by atoms with van der Waals surface area (Å²) in [5.74, 6) is -1.70. The molecule has 8 nitrogen and oxygen atoms in total. The minimum Gasteiger partial charge on any atom is -0.367 e. The number of nitro groups is 2. The summed E-state index contributed by atoms with van der Waals surface area (Å²) >= 11 is 12.1. The third kappa shape index (κ3) is 5.85. The normalized spacial score (nSPS) is 19.3. The lowest BCUT2D eigenvalue weighted by Crippen LogP contribution is -2.41. The van der Waals surface area contributed by atoms with Crippen molar-refractivity contribution in [2.75, 3.05) is 22.9 Å². The number of hydrogen-bond acceptors (Lipinski definition) is 6. The fraction of sp³-hybridized carbons (Fsp3) is 0.273. The third-order valence-corrected chi connectivity index (χ3v) is 9.59. The molecule has 0 N–H and O–H groups in total. The number of nitro benzene ring substituents is 2. The number of halogens is 5. The van der Waals surface area contributed by atoms with E-state index in [1.165, 1.54) is 41.3 Å². The molecule has 0 spiro atoms. The Bertz CT molecular complexity index is 1730. The van der Waals surface area contributed by atoms with Crippen molar-refractivity contribution in [3.8, 4) is 0 Å². The maximum absolute atomic E-state index is 16.0. The van der Waals surface area contributed by atoms with Crippen LogP contribution in [0.3, 0.4) is 0 Å². The van der Waals surface area contributed by atoms with E-state index >= 15 is 13.2 Å². The minimum atomic E-state index is -1.61. The number of rotatable bonds is 7. The van der Waals surface area contributed by atoms with Gasteiger partial charge in [0.15, 0.2) is 11.6 Å². The molecular weight excluding hydrogens is 644 g/mol. The average molecular weight is 672 g/mol. The van der Waals surface area contributed by atoms with Gasteiger partial charge < -0.3 is 9.80 Å². The molecule has 0 bridgehead atoms. The summed E-state index contributed by atoms with van der Waals surface area (Å²) in [7, 11) is 0. The van der Waals surface area contributed by atoms with E-state index in [-0.39, 0.29) is 58.7 Å². The van der Waals surface area contributed by atoms with E-state index in [0.717, 1.165) is 0 Å². The first-order valence-corrected chi connectivity index (χ1v) is 15.4. The second-order valence-electron chi connectivity index (χ2n) is 11.5. The Kier molecular flexibility index (Phi) is 8.56. The Hall–Kier alpha value is -4.35. The van der Waals surface area contributed by atoms with Gasteiger partial charge in [0, 0.05) is 43.8 Å². The third-order valence-electron chi connectivity index (χ3n) is 8.95. The largest absolute Gasteiger partial charge is 0.367 e. The topological polar surface area (TPSA) is 92.8 Å². The molecule has 2 aliphatic rings. The van der Waals surface area contributed by atoms with Gasteiger partial charge in [0.25, 0.3) is 11.4 Å². The minimum absolute atomic E-state index is 0.0542. The quantitative estimate of drug-likeness (QED) is 0.144. The van der Waals surface area contributed by atoms with Crippen molar-refractivity contribution in [1.82, 2.24) is 0 Å². The number of alkyl halides is 1. The van der Waals surface area contributed by atoms with Crippen LogP contribution >= 0.6 is 23.2 Å². The van der Waals surface area contributed by atoms with Crippen LogP contribution in [-0.4, -0.2) is 22.9 Å². The summed E-state index contributed by atoms with van der Waals surface area (Å²) in [6, 6.07) is 18.6. The Morgan fingerprint density at radius 2 is 1.22 bits per heavy atom. The van der Waals surface area contributed by atoms with Gasteiger partial charge >= 0.3 is 0 Å². The fourth-order valence-electron chi connectivity index (χ4n) is 6.69. The highest BCUT2D eigenvalue weighted by molar-refractivity contribution is 6.33. The van der Waals surface area contributed by atoms with E-state index < -0.39 is 39.2 Å². The van der Waals surface area contributed by atoms with E-state index in [1.54, 1.807) is 47.4 Å². The second-order valence-corrected chi connectivity index (χ2v) is 12.3. The molecule has 0 aromatic heterocycles. The number of nitrogens with zero attached hydrogens (tertiary/aromatic N) is 4. The molecule has 4 aromatic carbocycles. The molecule has 0 saturated carbocycles. The predicted octanol–water partition coefficient (Wildman–Crippen LogP) is 9.64. The van der Waals surface area contributed by atoms with Crippen molar-refractivity contribution >= 4 is 46.0 Å². The lowest BCUT2D eigenvalue weighted by molar-refractivity contribution is -0.384. The molecule has 0 radical (unpaired) electrons. The first kappa shape index (κ1) is 31.6. The highest BCUT2D eigenvalue weighted by Crippen LogP contribution is 2.50. The van der Waals surface area contributed by atoms with Crippen LogP contribution in [0.2, 0.25) is 10.0 Å². The number of piperidine rings is 1. The van der Waals surface area contributed by atoms with Gasteiger partial charge in [-0.25, -0.2) is 13.2 Å². The fourth-order valence-corrected chi connectivity index (χ4v) is 7.07. The van der Waals surface area contributed by atoms with Crippen LogP contribution in [0.1, 0.15) is 54.5 Å². The standard InChI is InChI=1S/C33H27Cl2F3N4O4/c34-24-8-6-20(16-30(24)41(43)44)28-10-11-29(21-7-9-25(35)31(17-21)42(45)46)40(28)23-18-26(36)32(27(37)19-23)39-14-12-33(38,13-15-39)22-4-2-1-3-5-22/h1-9,16-19,28-29H,10-15H2/t28-,29-/m1/s1. The van der Waals surface area contributed by atoms with Gasteiger partial charge in [-0.3, -0.25) is 20.2 Å². The highest BCUT2D eigenvalue weighted by atomic mass is 35.5. The van der Waals surface area contributed by atoms with Crippen LogP contribution < -0.4 is 9.80 Å². The van der Waals surface area contributed by atoms with Gasteiger partial charge in [0.05, 0.1) is 21.9 Å². The lowest BCUT2D eigenvalue weighted by Gasteiger charge is -2.38. The molecule has 2 fully saturated rings. The monoisotopic (exact) mass is 670 g/mol. The summed E-state index contributed by atoms with van der Waals surface area (Å²) < 4.78 is 47.7. The Morgan fingerprint density at radius 1 is 0.739 bits per heavy atom. The molecule has 2 heterocycles. The molecular formula is C33H27Cl2F3N4O4. The number of anilines is 2. The van der Waals surface area contributed by atoms with Crippen LogP contribution in [0.25, 0.3) is 0 Å². The Balaban J connectivity index is 1.37. The summed E-state index contributed by atoms with van der Waals surface area (Å²) in [5, 5.41) is 23.2. The van der Waals surface area contributed by atoms with Gasteiger partial charge in [-0.2, -0.15) is 0 Å². The van der Waals surface area contributed by atoms with Crippen LogP contribution in [0.15, 0.2) is 78.9 Å². The van der Waals surface area contributed by atoms with Gasteiger partial charge in [0.2, 0.25) is 0 Å². The predicted molar refractivity (Wildman–Crippen MR) is 170 cm³/mol. The first-order valence-electron chi connectivity index (χ1n) is 14.6. The maximum atomic E-state index is 16.0. The van der Waals surface area contributed by atoms with Crippen molar-refractivity contribution in [2.45, 2.75) is 43.4 Å². The van der Waals surface area contributed by atoms with Crippen molar-refractivity contribution in [3.63, 3.8) is 0 Å². The van der Waals surface area contributed by atoms with Gasteiger partial charge in [-0.1, -0.05) is 65.7 Å². The molecule has 46 heavy (non-hydrogen) atoms. The summed E-state index contributed by atoms with van der Waals surface area (Å²) in [5.41, 5.74) is -0.863. The van der Waals surface area contributed by atoms with Crippen molar-refractivity contribution in [2.24, 2.45) is 0 Å². The van der Waals surface area contributed by atoms with Crippen LogP contribution in [0.5, 0.6) is 0 Å². The van der Waals surface area contributed by atoms with E-state index in [9.17, 15) is 20.2 Å². The van der Waals surface area contributed by atoms with Crippen molar-refractivity contribution in [3.05, 3.63) is 137 Å². The maximum Gasteiger partial charge on any atom is 0.288 e. The van der Waals surface area contributed by atoms with Crippen LogP contribution in [-0.2, 0) is 5.67 Å². The molecule has 6 rings (SSSR count). The molecule has 2 atom stereocenters. The molecule has 2 aliphatic heterocycles. The summed E-state index contributed by atoms with van der Waals surface area (Å²) in [6.45, 7) is 0.187. The van der Waals surface area contributed by atoms with Crippen molar-refractivity contribution in [1.29, 1.82) is 0 Å². The second kappa shape index (κ2) is 12.4. The SMILES string of the molecule is O=[N+]([O-])c1cc([C@H]2CC[C@H](c3ccc(Cl)c([N+](=O)[O-])c3)N2c2cc(F)c(N3CCC(F)(c4ccccc4)CC3)c(F)c2)ccc1Cl. The first-order chi connectivity index (χ1) is 22.0. The van der Waals surface area contributed by atoms with E-state index in [2.05, 4.69) is 0 Å². The molecule has 238 valence electrons. The van der Waals surface area contributed by atoms with Gasteiger partial charge in [0.1, 0.15) is 21.4 Å². The molecule has 0 amide bonds. The molecule has 4 aromatic rings. The van der Waals surface area contributed by atoms with Crippen LogP contribution in [0.4, 0.5) is 35.9 Å². The molecule has 0 unspecified atom stereocenters. The lowest BCUT2D eigenvalue weighted by atomic mass is 9.86. The zero-order chi connectivity index (χ0) is 32.7. The molecule has 2 saturated heterocycles. The highest BCUT2D eigenvalue weighted by Gasteiger charge is 2.40. The zero-order valence-corrected chi connectivity index (χ0v) is 25.7. The number of hydrogen-bond donors (Lipinski definition) is 0. The zero-order valence-electron chi connectivity index (χ0n) is 24.2. The van der Waals surface area contributed by atoms with Crippen molar-refractivity contribution < 1.29 is 23.0 Å². The van der Waals surface area contributed by atoms with Gasteiger partial charge in [-0.05, 0) is 53.8 Å². The number of benzene rings is 4. The smallest absolute Gasteiger partial charge is 0.288 e. The van der Waals surface area contributed by atoms with Gasteiger partial charge in [-0.15, -0.1) is 0 Å². The Labute approximate surface area is 272 Å². The van der Waals surface area contributed by atoms with E-state index in [4.69, 9.17) is 23.2 Å². The Morgan fingerprint density at radius 3 is 1.67 bits per heavy atom. The summed E-state index contributed by atoms with van der Waals surface area (Å²) in [4.78, 5) is 25.3. The summed E-state index contributed by atoms with van der Waals surface area (Å²) in [6.07, 6.45) is 0.932. The van der Waals surface area contributed by atoms with Crippen LogP contribution in [0, 0.1) is 31.9 Å². The average Bonchev–Trinajstić information content (AvgIpc) is 3.47.